The molecule has 4 nitrogen and oxygen atoms in total. The van der Waals surface area contributed by atoms with Crippen molar-refractivity contribution in [3.05, 3.63) is 0 Å². The van der Waals surface area contributed by atoms with Gasteiger partial charge < -0.3 is 10.4 Å². The molecule has 2 N–H and O–H groups in total. The highest BCUT2D eigenvalue weighted by Gasteiger charge is 2.30. The molecule has 1 aliphatic heterocycles. The molecule has 0 aromatic rings. The highest BCUT2D eigenvalue weighted by atomic mass is 16.3. The fourth-order valence-corrected chi connectivity index (χ4v) is 3.37. The van der Waals surface area contributed by atoms with Crippen molar-refractivity contribution < 1.29 is 9.90 Å². The minimum absolute atomic E-state index is 0.123. The summed E-state index contributed by atoms with van der Waals surface area (Å²) in [7, 11) is 0. The first-order valence-corrected chi connectivity index (χ1v) is 8.27. The lowest BCUT2D eigenvalue weighted by Crippen LogP contribution is -2.52. The van der Waals surface area contributed by atoms with Gasteiger partial charge in [0.05, 0.1) is 12.1 Å². The molecule has 116 valence electrons. The summed E-state index contributed by atoms with van der Waals surface area (Å²) < 4.78 is 0. The minimum atomic E-state index is -0.294. The molecule has 0 spiro atoms. The van der Waals surface area contributed by atoms with Crippen molar-refractivity contribution in [2.75, 3.05) is 19.6 Å². The zero-order valence-corrected chi connectivity index (χ0v) is 13.0. The molecule has 0 aromatic carbocycles. The molecule has 1 saturated carbocycles. The Morgan fingerprint density at radius 2 is 2.00 bits per heavy atom. The average molecular weight is 282 g/mol. The van der Waals surface area contributed by atoms with Crippen LogP contribution in [0.1, 0.15) is 52.4 Å². The van der Waals surface area contributed by atoms with E-state index in [0.29, 0.717) is 18.4 Å². The van der Waals surface area contributed by atoms with Crippen LogP contribution in [0, 0.1) is 11.8 Å². The van der Waals surface area contributed by atoms with Crippen LogP contribution in [0.15, 0.2) is 0 Å². The summed E-state index contributed by atoms with van der Waals surface area (Å²) in [5.41, 5.74) is 0. The maximum Gasteiger partial charge on any atom is 0.237 e. The topological polar surface area (TPSA) is 52.6 Å². The average Bonchev–Trinajstić information content (AvgIpc) is 2.48. The zero-order valence-electron chi connectivity index (χ0n) is 13.0. The van der Waals surface area contributed by atoms with Gasteiger partial charge in [0, 0.05) is 13.1 Å². The van der Waals surface area contributed by atoms with E-state index < -0.39 is 0 Å². The monoisotopic (exact) mass is 282 g/mol. The molecular weight excluding hydrogens is 252 g/mol. The molecule has 0 radical (unpaired) electrons. The molecule has 20 heavy (non-hydrogen) atoms. The van der Waals surface area contributed by atoms with E-state index in [9.17, 15) is 9.90 Å². The molecule has 1 saturated heterocycles. The van der Waals surface area contributed by atoms with Crippen LogP contribution in [0.25, 0.3) is 0 Å². The number of carbonyl (C=O) groups excluding carboxylic acids is 1. The fraction of sp³-hybridized carbons (Fsp3) is 0.938. The molecule has 4 heteroatoms. The lowest BCUT2D eigenvalue weighted by atomic mass is 9.89. The van der Waals surface area contributed by atoms with Crippen molar-refractivity contribution in [2.45, 2.75) is 64.5 Å². The molecular formula is C16H30N2O2. The van der Waals surface area contributed by atoms with Gasteiger partial charge in [-0.05, 0) is 44.6 Å². The first-order chi connectivity index (χ1) is 9.58. The summed E-state index contributed by atoms with van der Waals surface area (Å²) in [6, 6.07) is -0.124. The zero-order chi connectivity index (χ0) is 14.5. The van der Waals surface area contributed by atoms with Crippen molar-refractivity contribution in [1.29, 1.82) is 0 Å². The van der Waals surface area contributed by atoms with E-state index in [1.807, 2.05) is 6.92 Å². The van der Waals surface area contributed by atoms with Crippen LogP contribution in [-0.2, 0) is 4.79 Å². The number of rotatable bonds is 4. The first kappa shape index (κ1) is 15.8. The molecule has 2 rings (SSSR count). The lowest BCUT2D eigenvalue weighted by molar-refractivity contribution is -0.127. The van der Waals surface area contributed by atoms with Gasteiger partial charge in [-0.15, -0.1) is 0 Å². The third-order valence-corrected chi connectivity index (χ3v) is 5.17. The van der Waals surface area contributed by atoms with Crippen molar-refractivity contribution in [2.24, 2.45) is 11.8 Å². The van der Waals surface area contributed by atoms with E-state index in [4.69, 9.17) is 0 Å². The van der Waals surface area contributed by atoms with Gasteiger partial charge in [0.1, 0.15) is 0 Å². The van der Waals surface area contributed by atoms with Crippen LogP contribution in [0.3, 0.4) is 0 Å². The van der Waals surface area contributed by atoms with Crippen LogP contribution in [0.2, 0.25) is 0 Å². The minimum Gasteiger partial charge on any atom is -0.392 e. The van der Waals surface area contributed by atoms with Gasteiger partial charge in [-0.1, -0.05) is 26.2 Å². The van der Waals surface area contributed by atoms with Gasteiger partial charge in [-0.3, -0.25) is 9.69 Å². The fourth-order valence-electron chi connectivity index (χ4n) is 3.37. The highest BCUT2D eigenvalue weighted by Crippen LogP contribution is 2.23. The number of β-amino-alcohol motifs (C(OH)–C–C–N with tert-alkyl or cyclic N) is 1. The highest BCUT2D eigenvalue weighted by molar-refractivity contribution is 5.81. The number of hydrogen-bond acceptors (Lipinski definition) is 3. The van der Waals surface area contributed by atoms with Crippen LogP contribution < -0.4 is 5.32 Å². The van der Waals surface area contributed by atoms with Gasteiger partial charge >= 0.3 is 0 Å². The van der Waals surface area contributed by atoms with Crippen molar-refractivity contribution >= 4 is 5.91 Å². The van der Waals surface area contributed by atoms with Gasteiger partial charge in [0.15, 0.2) is 0 Å². The molecule has 1 aliphatic carbocycles. The number of nitrogens with zero attached hydrogens (tertiary/aromatic N) is 1. The van der Waals surface area contributed by atoms with Crippen LogP contribution in [0.4, 0.5) is 0 Å². The predicted octanol–water partition coefficient (Wildman–Crippen LogP) is 1.77. The number of nitrogens with one attached hydrogen (secondary N) is 1. The lowest BCUT2D eigenvalue weighted by Gasteiger charge is -2.37. The molecule has 1 heterocycles. The first-order valence-electron chi connectivity index (χ1n) is 8.27. The van der Waals surface area contributed by atoms with Gasteiger partial charge in [0.25, 0.3) is 0 Å². The van der Waals surface area contributed by atoms with Crippen LogP contribution in [-0.4, -0.2) is 47.7 Å². The quantitative estimate of drug-likeness (QED) is 0.826. The Balaban J connectivity index is 1.73. The Morgan fingerprint density at radius 1 is 1.30 bits per heavy atom. The second-order valence-corrected chi connectivity index (χ2v) is 6.75. The largest absolute Gasteiger partial charge is 0.392 e. The summed E-state index contributed by atoms with van der Waals surface area (Å²) >= 11 is 0. The summed E-state index contributed by atoms with van der Waals surface area (Å²) in [6.07, 6.45) is 7.17. The van der Waals surface area contributed by atoms with Gasteiger partial charge in [-0.2, -0.15) is 0 Å². The molecule has 1 amide bonds. The Labute approximate surface area is 122 Å². The van der Waals surface area contributed by atoms with Crippen molar-refractivity contribution in [3.63, 3.8) is 0 Å². The second-order valence-electron chi connectivity index (χ2n) is 6.75. The maximum atomic E-state index is 12.2. The summed E-state index contributed by atoms with van der Waals surface area (Å²) in [4.78, 5) is 14.4. The molecule has 3 atom stereocenters. The third-order valence-electron chi connectivity index (χ3n) is 5.17. The summed E-state index contributed by atoms with van der Waals surface area (Å²) in [5.74, 6) is 1.15. The van der Waals surface area contributed by atoms with E-state index in [0.717, 1.165) is 19.5 Å². The molecule has 0 bridgehead atoms. The number of aliphatic hydroxyl groups excluding tert-OH is 1. The van der Waals surface area contributed by atoms with E-state index >= 15 is 0 Å². The number of carbonyl (C=O) groups is 1. The molecule has 0 aromatic heterocycles. The summed E-state index contributed by atoms with van der Waals surface area (Å²) in [5, 5.41) is 13.1. The number of piperidine rings is 1. The van der Waals surface area contributed by atoms with Crippen LogP contribution >= 0.6 is 0 Å². The number of aliphatic hydroxyl groups is 1. The van der Waals surface area contributed by atoms with E-state index in [1.165, 1.54) is 32.1 Å². The Morgan fingerprint density at radius 3 is 2.65 bits per heavy atom. The normalized spacial score (nSPS) is 30.9. The van der Waals surface area contributed by atoms with Crippen molar-refractivity contribution in [1.82, 2.24) is 10.2 Å². The predicted molar refractivity (Wildman–Crippen MR) is 80.4 cm³/mol. The third kappa shape index (κ3) is 4.19. The smallest absolute Gasteiger partial charge is 0.237 e. The molecule has 2 fully saturated rings. The van der Waals surface area contributed by atoms with Gasteiger partial charge in [0.2, 0.25) is 5.91 Å². The number of likely N-dealkylation sites (tertiary alicyclic amines) is 1. The molecule has 2 aliphatic rings. The summed E-state index contributed by atoms with van der Waals surface area (Å²) in [6.45, 7) is 6.40. The number of amides is 1. The maximum absolute atomic E-state index is 12.2. The Bertz CT molecular complexity index is 316. The SMILES string of the molecule is CC1CCN(C(C)C(=O)NCC2CCCCC2)CC1O. The van der Waals surface area contributed by atoms with E-state index in [1.54, 1.807) is 0 Å². The standard InChI is InChI=1S/C16H30N2O2/c1-12-8-9-18(11-15(12)19)13(2)16(20)17-10-14-6-4-3-5-7-14/h12-15,19H,3-11H2,1-2H3,(H,17,20). The molecule has 3 unspecified atom stereocenters. The van der Waals surface area contributed by atoms with Crippen LogP contribution in [0.5, 0.6) is 0 Å². The number of hydrogen-bond donors (Lipinski definition) is 2. The van der Waals surface area contributed by atoms with Gasteiger partial charge in [-0.25, -0.2) is 0 Å². The van der Waals surface area contributed by atoms with E-state index in [-0.39, 0.29) is 18.1 Å². The van der Waals surface area contributed by atoms with Crippen molar-refractivity contribution in [3.8, 4) is 0 Å². The van der Waals surface area contributed by atoms with E-state index in [2.05, 4.69) is 17.1 Å². The second kappa shape index (κ2) is 7.41. The Hall–Kier alpha value is -0.610. The Kier molecular flexibility index (Phi) is 5.85.